The molecule has 8 rings (SSSR count). The lowest BCUT2D eigenvalue weighted by molar-refractivity contribution is -0.134. The third-order valence-electron chi connectivity index (χ3n) is 11.3. The van der Waals surface area contributed by atoms with Crippen LogP contribution in [0.25, 0.3) is 11.0 Å². The molecule has 4 aliphatic rings. The first kappa shape index (κ1) is 32.4. The number of rotatable bonds is 9. The second kappa shape index (κ2) is 14.2. The van der Waals surface area contributed by atoms with Gasteiger partial charge in [-0.15, -0.1) is 0 Å². The van der Waals surface area contributed by atoms with Crippen LogP contribution in [0.4, 0.5) is 23.0 Å². The second-order valence-corrected chi connectivity index (χ2v) is 14.5. The van der Waals surface area contributed by atoms with E-state index in [0.717, 1.165) is 87.2 Å². The summed E-state index contributed by atoms with van der Waals surface area (Å²) < 4.78 is 2.11. The molecule has 2 N–H and O–H groups in total. The number of amides is 2. The summed E-state index contributed by atoms with van der Waals surface area (Å²) in [6.07, 6.45) is 10.7. The second-order valence-electron chi connectivity index (χ2n) is 14.5. The monoisotopic (exact) mass is 674 g/mol. The van der Waals surface area contributed by atoms with E-state index in [4.69, 9.17) is 4.98 Å². The lowest BCUT2D eigenvalue weighted by Crippen LogP contribution is -2.49. The highest BCUT2D eigenvalue weighted by Crippen LogP contribution is 2.34. The molecule has 5 heterocycles. The fourth-order valence-corrected chi connectivity index (χ4v) is 8.47. The quantitative estimate of drug-likeness (QED) is 0.171. The molecular weight excluding hydrogens is 628 g/mol. The molecule has 0 radical (unpaired) electrons. The lowest BCUT2D eigenvalue weighted by Gasteiger charge is -2.40. The highest BCUT2D eigenvalue weighted by atomic mass is 16.2. The zero-order valence-electron chi connectivity index (χ0n) is 28.6. The predicted octanol–water partition coefficient (Wildman–Crippen LogP) is 5.66. The van der Waals surface area contributed by atoms with Crippen molar-refractivity contribution in [2.24, 2.45) is 5.92 Å². The molecule has 2 amide bonds. The summed E-state index contributed by atoms with van der Waals surface area (Å²) in [6.45, 7) is 7.42. The van der Waals surface area contributed by atoms with E-state index in [1.165, 1.54) is 37.1 Å². The van der Waals surface area contributed by atoms with Crippen LogP contribution in [-0.2, 0) is 9.59 Å². The van der Waals surface area contributed by atoms with Gasteiger partial charge in [0.15, 0.2) is 6.29 Å². The Hall–Kier alpha value is -4.77. The summed E-state index contributed by atoms with van der Waals surface area (Å²) in [6, 6.07) is 19.2. The molecule has 2 aromatic heterocycles. The van der Waals surface area contributed by atoms with Gasteiger partial charge in [0, 0.05) is 86.9 Å². The van der Waals surface area contributed by atoms with Crippen molar-refractivity contribution in [3.8, 4) is 0 Å². The number of hydrogen-bond donors (Lipinski definition) is 2. The molecule has 260 valence electrons. The number of carbonyl (C=O) groups is 3. The molecule has 1 aliphatic carbocycles. The molecule has 2 aromatic carbocycles. The average molecular weight is 675 g/mol. The van der Waals surface area contributed by atoms with Crippen molar-refractivity contribution in [2.75, 3.05) is 60.9 Å². The molecule has 1 atom stereocenters. The van der Waals surface area contributed by atoms with E-state index in [0.29, 0.717) is 36.4 Å². The number of imide groups is 1. The van der Waals surface area contributed by atoms with Crippen LogP contribution in [0.5, 0.6) is 0 Å². The largest absolute Gasteiger partial charge is 0.372 e. The van der Waals surface area contributed by atoms with Gasteiger partial charge in [0.05, 0.1) is 11.6 Å². The van der Waals surface area contributed by atoms with Gasteiger partial charge < -0.3 is 19.7 Å². The fraction of sp³-hybridized carbons (Fsp3) is 0.462. The molecule has 1 unspecified atom stereocenters. The Morgan fingerprint density at radius 2 is 1.50 bits per heavy atom. The number of piperazine rings is 1. The molecule has 1 saturated carbocycles. The van der Waals surface area contributed by atoms with Gasteiger partial charge in [-0.3, -0.25) is 24.6 Å². The minimum atomic E-state index is -0.231. The molecule has 4 fully saturated rings. The Morgan fingerprint density at radius 3 is 2.18 bits per heavy atom. The van der Waals surface area contributed by atoms with Gasteiger partial charge in [-0.05, 0) is 86.1 Å². The zero-order valence-corrected chi connectivity index (χ0v) is 28.6. The Bertz CT molecular complexity index is 1830. The highest BCUT2D eigenvalue weighted by Gasteiger charge is 2.29. The van der Waals surface area contributed by atoms with E-state index in [1.54, 1.807) is 0 Å². The van der Waals surface area contributed by atoms with Gasteiger partial charge in [-0.1, -0.05) is 25.0 Å². The van der Waals surface area contributed by atoms with Crippen molar-refractivity contribution >= 4 is 52.1 Å². The van der Waals surface area contributed by atoms with Gasteiger partial charge in [0.25, 0.3) is 0 Å². The summed E-state index contributed by atoms with van der Waals surface area (Å²) in [4.78, 5) is 52.5. The molecule has 3 saturated heterocycles. The molecule has 4 aromatic rings. The van der Waals surface area contributed by atoms with Crippen molar-refractivity contribution < 1.29 is 14.4 Å². The molecule has 11 heteroatoms. The number of aldehydes is 1. The number of fused-ring (bicyclic) bond motifs is 1. The zero-order chi connectivity index (χ0) is 34.0. The first-order chi connectivity index (χ1) is 24.5. The van der Waals surface area contributed by atoms with Crippen LogP contribution >= 0.6 is 0 Å². The van der Waals surface area contributed by atoms with Crippen LogP contribution < -0.4 is 20.4 Å². The van der Waals surface area contributed by atoms with Gasteiger partial charge in [-0.2, -0.15) is 4.98 Å². The van der Waals surface area contributed by atoms with Gasteiger partial charge in [0.2, 0.25) is 17.8 Å². The molecule has 11 nitrogen and oxygen atoms in total. The number of hydrogen-bond acceptors (Lipinski definition) is 9. The maximum Gasteiger partial charge on any atom is 0.234 e. The first-order valence-corrected chi connectivity index (χ1v) is 18.4. The standard InChI is InChI=1S/C39H46N8O3/c48-26-34-23-29-24-40-39(43-37(29)47(34)33-3-1-2-4-33)41-30-7-11-32(12-8-30)46-21-19-44(20-22-46)25-27-15-17-45(18-16-27)31-9-5-28(6-10-31)35-13-14-36(49)42-38(35)50/h5-12,23-24,26-27,33,35H,1-4,13-22,25H2,(H,40,41,43)(H,42,49,50). The van der Waals surface area contributed by atoms with Gasteiger partial charge in [-0.25, -0.2) is 4.98 Å². The highest BCUT2D eigenvalue weighted by molar-refractivity contribution is 6.01. The Kier molecular flexibility index (Phi) is 9.23. The summed E-state index contributed by atoms with van der Waals surface area (Å²) in [5, 5.41) is 6.75. The van der Waals surface area contributed by atoms with E-state index >= 15 is 0 Å². The lowest BCUT2D eigenvalue weighted by atomic mass is 9.90. The van der Waals surface area contributed by atoms with Gasteiger partial charge >= 0.3 is 0 Å². The topological polar surface area (TPSA) is 116 Å². The van der Waals surface area contributed by atoms with Crippen molar-refractivity contribution in [1.29, 1.82) is 0 Å². The van der Waals surface area contributed by atoms with Crippen LogP contribution in [0.15, 0.2) is 60.8 Å². The fourth-order valence-electron chi connectivity index (χ4n) is 8.47. The van der Waals surface area contributed by atoms with E-state index in [2.05, 4.69) is 83.4 Å². The minimum absolute atomic E-state index is 0.171. The van der Waals surface area contributed by atoms with Crippen molar-refractivity contribution in [1.82, 2.24) is 24.8 Å². The summed E-state index contributed by atoms with van der Waals surface area (Å²) in [5.41, 5.74) is 5.89. The maximum atomic E-state index is 12.3. The van der Waals surface area contributed by atoms with Crippen molar-refractivity contribution in [3.05, 3.63) is 72.1 Å². The van der Waals surface area contributed by atoms with Crippen LogP contribution in [0.1, 0.15) is 79.4 Å². The summed E-state index contributed by atoms with van der Waals surface area (Å²) >= 11 is 0. The number of carbonyl (C=O) groups excluding carboxylic acids is 3. The number of benzene rings is 2. The number of anilines is 4. The molecular formula is C39H46N8O3. The Labute approximate surface area is 293 Å². The molecule has 0 spiro atoms. The normalized spacial score (nSPS) is 21.2. The first-order valence-electron chi connectivity index (χ1n) is 18.4. The SMILES string of the molecule is O=Cc1cc2cnc(Nc3ccc(N4CCN(CC5CCN(c6ccc(C7CCC(=O)NC7=O)cc6)CC5)CC4)cc3)nc2n1C1CCCC1. The number of piperidine rings is 2. The van der Waals surface area contributed by atoms with Crippen LogP contribution in [0, 0.1) is 5.92 Å². The van der Waals surface area contributed by atoms with E-state index in [9.17, 15) is 14.4 Å². The van der Waals surface area contributed by atoms with Crippen molar-refractivity contribution in [3.63, 3.8) is 0 Å². The number of nitrogens with zero attached hydrogens (tertiary/aromatic N) is 6. The Balaban J connectivity index is 0.801. The number of aromatic nitrogens is 3. The molecule has 3 aliphatic heterocycles. The van der Waals surface area contributed by atoms with Gasteiger partial charge in [0.1, 0.15) is 5.65 Å². The summed E-state index contributed by atoms with van der Waals surface area (Å²) in [5.74, 6) is 0.672. The van der Waals surface area contributed by atoms with Crippen molar-refractivity contribution in [2.45, 2.75) is 63.3 Å². The predicted molar refractivity (Wildman–Crippen MR) is 195 cm³/mol. The minimum Gasteiger partial charge on any atom is -0.372 e. The average Bonchev–Trinajstić information content (AvgIpc) is 3.81. The van der Waals surface area contributed by atoms with E-state index < -0.39 is 0 Å². The Morgan fingerprint density at radius 1 is 0.820 bits per heavy atom. The maximum absolute atomic E-state index is 12.3. The summed E-state index contributed by atoms with van der Waals surface area (Å²) in [7, 11) is 0. The third kappa shape index (κ3) is 6.83. The third-order valence-corrected chi connectivity index (χ3v) is 11.3. The smallest absolute Gasteiger partial charge is 0.234 e. The molecule has 50 heavy (non-hydrogen) atoms. The van der Waals surface area contributed by atoms with E-state index in [-0.39, 0.29) is 17.7 Å². The van der Waals surface area contributed by atoms with Crippen LogP contribution in [0.3, 0.4) is 0 Å². The van der Waals surface area contributed by atoms with E-state index in [1.807, 2.05) is 12.3 Å². The number of nitrogens with one attached hydrogen (secondary N) is 2. The molecule has 0 bridgehead atoms. The van der Waals surface area contributed by atoms with Crippen LogP contribution in [0.2, 0.25) is 0 Å². The van der Waals surface area contributed by atoms with Crippen LogP contribution in [-0.4, -0.2) is 83.3 Å².